The Morgan fingerprint density at radius 2 is 1.63 bits per heavy atom. The topological polar surface area (TPSA) is 71.8 Å². The van der Waals surface area contributed by atoms with E-state index in [4.69, 9.17) is 4.52 Å². The van der Waals surface area contributed by atoms with E-state index < -0.39 is 0 Å². The Hall–Kier alpha value is -3.47. The van der Waals surface area contributed by atoms with E-state index in [-0.39, 0.29) is 17.2 Å². The third kappa shape index (κ3) is 3.72. The number of benzene rings is 2. The lowest BCUT2D eigenvalue weighted by Gasteiger charge is -2.16. The van der Waals surface area contributed by atoms with Gasteiger partial charge in [-0.1, -0.05) is 65.8 Å². The average Bonchev–Trinajstić information content (AvgIpc) is 3.16. The molecule has 2 aromatic carbocycles. The molecule has 5 nitrogen and oxygen atoms in total. The van der Waals surface area contributed by atoms with Gasteiger partial charge >= 0.3 is 0 Å². The first kappa shape index (κ1) is 17.0. The van der Waals surface area contributed by atoms with Crippen molar-refractivity contribution in [3.63, 3.8) is 0 Å². The Morgan fingerprint density at radius 1 is 1.00 bits per heavy atom. The quantitative estimate of drug-likeness (QED) is 0.583. The van der Waals surface area contributed by atoms with Crippen LogP contribution in [-0.2, 0) is 6.42 Å². The van der Waals surface area contributed by atoms with Gasteiger partial charge in [-0.15, -0.1) is 0 Å². The highest BCUT2D eigenvalue weighted by Crippen LogP contribution is 2.28. The van der Waals surface area contributed by atoms with Crippen LogP contribution in [0.15, 0.2) is 82.2 Å². The molecule has 0 atom stereocenters. The van der Waals surface area contributed by atoms with Gasteiger partial charge in [-0.25, -0.2) is 0 Å². The normalized spacial score (nSPS) is 11.0. The molecule has 0 saturated carbocycles. The van der Waals surface area contributed by atoms with Crippen LogP contribution in [-0.4, -0.2) is 15.1 Å². The molecule has 0 aliphatic rings. The number of rotatable bonds is 5. The highest BCUT2D eigenvalue weighted by atomic mass is 16.5. The number of nitrogens with one attached hydrogen (secondary N) is 1. The molecule has 0 saturated heterocycles. The fourth-order valence-electron chi connectivity index (χ4n) is 3.17. The minimum absolute atomic E-state index is 0.106. The Kier molecular flexibility index (Phi) is 4.66. The average molecular weight is 357 g/mol. The van der Waals surface area contributed by atoms with Crippen LogP contribution < -0.4 is 5.43 Å². The van der Waals surface area contributed by atoms with E-state index in [9.17, 15) is 4.79 Å². The van der Waals surface area contributed by atoms with Gasteiger partial charge in [-0.3, -0.25) is 4.79 Å². The molecule has 1 N–H and O–H groups in total. The summed E-state index contributed by atoms with van der Waals surface area (Å²) in [4.78, 5) is 19.6. The van der Waals surface area contributed by atoms with Gasteiger partial charge in [0.05, 0.1) is 0 Å². The van der Waals surface area contributed by atoms with E-state index in [0.717, 1.165) is 5.69 Å². The van der Waals surface area contributed by atoms with Crippen molar-refractivity contribution in [3.05, 3.63) is 106 Å². The third-order valence-corrected chi connectivity index (χ3v) is 4.55. The van der Waals surface area contributed by atoms with Gasteiger partial charge in [-0.2, -0.15) is 4.98 Å². The van der Waals surface area contributed by atoms with Crippen LogP contribution in [0.5, 0.6) is 0 Å². The Bertz CT molecular complexity index is 1050. The van der Waals surface area contributed by atoms with Crippen molar-refractivity contribution >= 4 is 0 Å². The molecule has 0 spiro atoms. The minimum Gasteiger partial charge on any atom is -0.364 e. The molecule has 0 amide bonds. The summed E-state index contributed by atoms with van der Waals surface area (Å²) in [6.07, 6.45) is 2.20. The lowest BCUT2D eigenvalue weighted by Crippen LogP contribution is -2.07. The van der Waals surface area contributed by atoms with Crippen molar-refractivity contribution in [1.29, 1.82) is 0 Å². The van der Waals surface area contributed by atoms with E-state index in [1.54, 1.807) is 6.20 Å². The maximum absolute atomic E-state index is 12.2. The maximum atomic E-state index is 12.2. The molecule has 2 heterocycles. The van der Waals surface area contributed by atoms with Crippen LogP contribution in [0.25, 0.3) is 11.5 Å². The van der Waals surface area contributed by atoms with Crippen molar-refractivity contribution in [1.82, 2.24) is 15.1 Å². The van der Waals surface area contributed by atoms with Crippen LogP contribution in [0.3, 0.4) is 0 Å². The number of hydrogen-bond donors (Lipinski definition) is 1. The van der Waals surface area contributed by atoms with Gasteiger partial charge in [0, 0.05) is 30.3 Å². The standard InChI is InChI=1S/C22H19N3O2/c1-15-12-20(26)19(14-23-15)22-24-21(25-27-22)13-18(16-8-4-2-5-9-16)17-10-6-3-7-11-17/h2-12,14,18H,13H2,1H3,(H,23,26). The number of pyridine rings is 1. The summed E-state index contributed by atoms with van der Waals surface area (Å²) in [5.74, 6) is 0.919. The lowest BCUT2D eigenvalue weighted by atomic mass is 9.88. The molecule has 134 valence electrons. The van der Waals surface area contributed by atoms with Crippen LogP contribution in [0.2, 0.25) is 0 Å². The lowest BCUT2D eigenvalue weighted by molar-refractivity contribution is 0.420. The molecule has 27 heavy (non-hydrogen) atoms. The van der Waals surface area contributed by atoms with Crippen molar-refractivity contribution < 1.29 is 4.52 Å². The van der Waals surface area contributed by atoms with Gasteiger partial charge in [-0.05, 0) is 18.1 Å². The second-order valence-electron chi connectivity index (χ2n) is 6.49. The SMILES string of the molecule is Cc1cc(=O)c(-c2nc(CC(c3ccccc3)c3ccccc3)no2)c[nH]1. The molecule has 0 aliphatic heterocycles. The highest BCUT2D eigenvalue weighted by Gasteiger charge is 2.19. The fraction of sp³-hybridized carbons (Fsp3) is 0.136. The first-order valence-electron chi connectivity index (χ1n) is 8.83. The van der Waals surface area contributed by atoms with Crippen molar-refractivity contribution in [2.75, 3.05) is 0 Å². The zero-order chi connectivity index (χ0) is 18.6. The summed E-state index contributed by atoms with van der Waals surface area (Å²) in [5, 5.41) is 4.11. The number of hydrogen-bond acceptors (Lipinski definition) is 4. The number of aryl methyl sites for hydroxylation is 1. The second kappa shape index (κ2) is 7.41. The van der Waals surface area contributed by atoms with Crippen LogP contribution in [0.4, 0.5) is 0 Å². The van der Waals surface area contributed by atoms with Crippen LogP contribution in [0.1, 0.15) is 28.6 Å². The largest absolute Gasteiger partial charge is 0.364 e. The summed E-state index contributed by atoms with van der Waals surface area (Å²) in [6.45, 7) is 1.83. The smallest absolute Gasteiger partial charge is 0.263 e. The van der Waals surface area contributed by atoms with E-state index >= 15 is 0 Å². The molecule has 4 aromatic rings. The molecular formula is C22H19N3O2. The predicted octanol–water partition coefficient (Wildman–Crippen LogP) is 4.11. The zero-order valence-corrected chi connectivity index (χ0v) is 14.9. The predicted molar refractivity (Wildman–Crippen MR) is 104 cm³/mol. The molecule has 4 rings (SSSR count). The Morgan fingerprint density at radius 3 is 2.22 bits per heavy atom. The maximum Gasteiger partial charge on any atom is 0.263 e. The van der Waals surface area contributed by atoms with Gasteiger partial charge < -0.3 is 9.51 Å². The highest BCUT2D eigenvalue weighted by molar-refractivity contribution is 5.51. The van der Waals surface area contributed by atoms with Gasteiger partial charge in [0.2, 0.25) is 0 Å². The second-order valence-corrected chi connectivity index (χ2v) is 6.49. The van der Waals surface area contributed by atoms with Crippen molar-refractivity contribution in [2.24, 2.45) is 0 Å². The minimum atomic E-state index is -0.135. The van der Waals surface area contributed by atoms with Crippen LogP contribution in [0, 0.1) is 6.92 Å². The third-order valence-electron chi connectivity index (χ3n) is 4.55. The van der Waals surface area contributed by atoms with E-state index in [2.05, 4.69) is 39.4 Å². The molecule has 0 radical (unpaired) electrons. The van der Waals surface area contributed by atoms with Crippen molar-refractivity contribution in [3.8, 4) is 11.5 Å². The monoisotopic (exact) mass is 357 g/mol. The molecular weight excluding hydrogens is 338 g/mol. The van der Waals surface area contributed by atoms with E-state index in [1.807, 2.05) is 43.3 Å². The first-order chi connectivity index (χ1) is 13.2. The fourth-order valence-corrected chi connectivity index (χ4v) is 3.17. The van der Waals surface area contributed by atoms with Gasteiger partial charge in [0.25, 0.3) is 5.89 Å². The van der Waals surface area contributed by atoms with Crippen LogP contribution >= 0.6 is 0 Å². The molecule has 0 aliphatic carbocycles. The van der Waals surface area contributed by atoms with Crippen molar-refractivity contribution in [2.45, 2.75) is 19.3 Å². The molecule has 0 bridgehead atoms. The number of nitrogens with zero attached hydrogens (tertiary/aromatic N) is 2. The molecule has 0 fully saturated rings. The first-order valence-corrected chi connectivity index (χ1v) is 8.83. The molecule has 5 heteroatoms. The Labute approximate surface area is 156 Å². The number of aromatic amines is 1. The summed E-state index contributed by atoms with van der Waals surface area (Å²) in [5.41, 5.74) is 3.41. The van der Waals surface area contributed by atoms with E-state index in [1.165, 1.54) is 17.2 Å². The van der Waals surface area contributed by atoms with Gasteiger partial charge in [0.15, 0.2) is 11.3 Å². The number of aromatic nitrogens is 3. The Balaban J connectivity index is 1.67. The van der Waals surface area contributed by atoms with Gasteiger partial charge in [0.1, 0.15) is 5.56 Å². The number of H-pyrrole nitrogens is 1. The summed E-state index contributed by atoms with van der Waals surface area (Å²) >= 11 is 0. The zero-order valence-electron chi connectivity index (χ0n) is 14.9. The summed E-state index contributed by atoms with van der Waals surface area (Å²) in [7, 11) is 0. The van der Waals surface area contributed by atoms with E-state index in [0.29, 0.717) is 17.8 Å². The molecule has 0 unspecified atom stereocenters. The molecule has 2 aromatic heterocycles. The summed E-state index contributed by atoms with van der Waals surface area (Å²) in [6, 6.07) is 22.0. The summed E-state index contributed by atoms with van der Waals surface area (Å²) < 4.78 is 5.36.